The minimum atomic E-state index is -0.494. The normalized spacial score (nSPS) is 17.0. The average Bonchev–Trinajstić information content (AvgIpc) is 3.32. The molecule has 0 aromatic carbocycles. The molecule has 0 spiro atoms. The van der Waals surface area contributed by atoms with Gasteiger partial charge in [0.05, 0.1) is 18.4 Å². The van der Waals surface area contributed by atoms with Gasteiger partial charge in [-0.15, -0.1) is 0 Å². The van der Waals surface area contributed by atoms with Gasteiger partial charge in [-0.3, -0.25) is 9.59 Å². The fourth-order valence-electron chi connectivity index (χ4n) is 2.72. The molecule has 3 rings (SSSR count). The van der Waals surface area contributed by atoms with Crippen LogP contribution >= 0.6 is 0 Å². The van der Waals surface area contributed by atoms with Gasteiger partial charge in [0.25, 0.3) is 5.91 Å². The molecule has 118 valence electrons. The zero-order valence-corrected chi connectivity index (χ0v) is 12.4. The van der Waals surface area contributed by atoms with Crippen molar-refractivity contribution in [1.82, 2.24) is 15.2 Å². The van der Waals surface area contributed by atoms with Crippen LogP contribution in [0.3, 0.4) is 0 Å². The lowest BCUT2D eigenvalue weighted by Gasteiger charge is -2.23. The SMILES string of the molecule is N#Cc1c[nH]c(C(=O)N2CCC[C@H]2C(=O)NCc2ccco2)c1. The maximum atomic E-state index is 12.5. The summed E-state index contributed by atoms with van der Waals surface area (Å²) in [5, 5.41) is 11.6. The van der Waals surface area contributed by atoms with Crippen LogP contribution in [-0.2, 0) is 11.3 Å². The van der Waals surface area contributed by atoms with Gasteiger partial charge < -0.3 is 19.6 Å². The number of furan rings is 1. The van der Waals surface area contributed by atoms with E-state index in [2.05, 4.69) is 10.3 Å². The zero-order valence-electron chi connectivity index (χ0n) is 12.4. The lowest BCUT2D eigenvalue weighted by molar-refractivity contribution is -0.125. The number of nitrogens with one attached hydrogen (secondary N) is 2. The predicted molar refractivity (Wildman–Crippen MR) is 80.1 cm³/mol. The third-order valence-corrected chi connectivity index (χ3v) is 3.88. The van der Waals surface area contributed by atoms with Gasteiger partial charge in [-0.25, -0.2) is 0 Å². The monoisotopic (exact) mass is 312 g/mol. The van der Waals surface area contributed by atoms with E-state index in [-0.39, 0.29) is 11.8 Å². The molecule has 1 atom stereocenters. The quantitative estimate of drug-likeness (QED) is 0.890. The predicted octanol–water partition coefficient (Wildman–Crippen LogP) is 1.40. The third-order valence-electron chi connectivity index (χ3n) is 3.88. The van der Waals surface area contributed by atoms with Crippen LogP contribution in [-0.4, -0.2) is 34.3 Å². The lowest BCUT2D eigenvalue weighted by atomic mass is 10.2. The molecule has 1 aliphatic heterocycles. The fourth-order valence-corrected chi connectivity index (χ4v) is 2.72. The summed E-state index contributed by atoms with van der Waals surface area (Å²) >= 11 is 0. The summed E-state index contributed by atoms with van der Waals surface area (Å²) in [7, 11) is 0. The molecule has 23 heavy (non-hydrogen) atoms. The number of aromatic nitrogens is 1. The zero-order chi connectivity index (χ0) is 16.2. The summed E-state index contributed by atoms with van der Waals surface area (Å²) < 4.78 is 5.17. The summed E-state index contributed by atoms with van der Waals surface area (Å²) in [6.45, 7) is 0.823. The number of carbonyl (C=O) groups is 2. The number of amides is 2. The van der Waals surface area contributed by atoms with Crippen molar-refractivity contribution in [3.05, 3.63) is 47.7 Å². The van der Waals surface area contributed by atoms with Crippen molar-refractivity contribution in [3.63, 3.8) is 0 Å². The summed E-state index contributed by atoms with van der Waals surface area (Å²) in [6.07, 6.45) is 4.43. The molecular formula is C16H16N4O3. The smallest absolute Gasteiger partial charge is 0.270 e. The molecule has 0 saturated carbocycles. The number of likely N-dealkylation sites (tertiary alicyclic amines) is 1. The number of rotatable bonds is 4. The highest BCUT2D eigenvalue weighted by Gasteiger charge is 2.34. The van der Waals surface area contributed by atoms with Crippen molar-refractivity contribution in [2.75, 3.05) is 6.54 Å². The van der Waals surface area contributed by atoms with Crippen LogP contribution in [0.5, 0.6) is 0 Å². The van der Waals surface area contributed by atoms with E-state index < -0.39 is 6.04 Å². The van der Waals surface area contributed by atoms with Crippen molar-refractivity contribution in [3.8, 4) is 6.07 Å². The van der Waals surface area contributed by atoms with E-state index in [4.69, 9.17) is 9.68 Å². The molecule has 2 aromatic rings. The highest BCUT2D eigenvalue weighted by molar-refractivity contribution is 5.96. The Hall–Kier alpha value is -3.01. The van der Waals surface area contributed by atoms with E-state index in [1.807, 2.05) is 6.07 Å². The van der Waals surface area contributed by atoms with E-state index in [1.54, 1.807) is 23.3 Å². The minimum Gasteiger partial charge on any atom is -0.467 e. The molecule has 0 bridgehead atoms. The number of nitriles is 1. The number of nitrogens with zero attached hydrogens (tertiary/aromatic N) is 2. The molecule has 0 unspecified atom stereocenters. The van der Waals surface area contributed by atoms with Gasteiger partial charge >= 0.3 is 0 Å². The second-order valence-corrected chi connectivity index (χ2v) is 5.37. The van der Waals surface area contributed by atoms with Crippen LogP contribution < -0.4 is 5.32 Å². The molecule has 2 aromatic heterocycles. The average molecular weight is 312 g/mol. The van der Waals surface area contributed by atoms with E-state index in [0.717, 1.165) is 6.42 Å². The van der Waals surface area contributed by atoms with Gasteiger partial charge in [0.1, 0.15) is 23.6 Å². The van der Waals surface area contributed by atoms with Crippen LogP contribution in [0.15, 0.2) is 35.1 Å². The largest absolute Gasteiger partial charge is 0.467 e. The molecule has 0 aliphatic carbocycles. The second-order valence-electron chi connectivity index (χ2n) is 5.37. The second kappa shape index (κ2) is 6.40. The Kier molecular flexibility index (Phi) is 4.15. The standard InChI is InChI=1S/C16H16N4O3/c17-8-11-7-13(18-9-11)16(22)20-5-1-4-14(20)15(21)19-10-12-3-2-6-23-12/h2-3,6-7,9,14,18H,1,4-5,10H2,(H,19,21)/t14-/m0/s1. The first-order chi connectivity index (χ1) is 11.2. The number of hydrogen-bond acceptors (Lipinski definition) is 4. The number of aromatic amines is 1. The van der Waals surface area contributed by atoms with E-state index in [1.165, 1.54) is 12.3 Å². The summed E-state index contributed by atoms with van der Waals surface area (Å²) in [4.78, 5) is 29.2. The first-order valence-corrected chi connectivity index (χ1v) is 7.38. The lowest BCUT2D eigenvalue weighted by Crippen LogP contribution is -2.45. The Morgan fingerprint density at radius 2 is 2.39 bits per heavy atom. The van der Waals surface area contributed by atoms with Crippen LogP contribution in [0.4, 0.5) is 0 Å². The van der Waals surface area contributed by atoms with Crippen LogP contribution in [0.2, 0.25) is 0 Å². The van der Waals surface area contributed by atoms with Crippen molar-refractivity contribution in [2.24, 2.45) is 0 Å². The number of hydrogen-bond donors (Lipinski definition) is 2. The summed E-state index contributed by atoms with van der Waals surface area (Å²) in [5.41, 5.74) is 0.721. The van der Waals surface area contributed by atoms with Crippen LogP contribution in [0.1, 0.15) is 34.7 Å². The molecule has 2 N–H and O–H groups in total. The molecule has 1 saturated heterocycles. The van der Waals surface area contributed by atoms with Crippen molar-refractivity contribution >= 4 is 11.8 Å². The van der Waals surface area contributed by atoms with E-state index in [0.29, 0.717) is 36.5 Å². The third kappa shape index (κ3) is 3.11. The maximum absolute atomic E-state index is 12.5. The summed E-state index contributed by atoms with van der Waals surface area (Å²) in [6, 6.07) is 6.51. The first-order valence-electron chi connectivity index (χ1n) is 7.38. The van der Waals surface area contributed by atoms with E-state index >= 15 is 0 Å². The van der Waals surface area contributed by atoms with Crippen molar-refractivity contribution in [2.45, 2.75) is 25.4 Å². The molecule has 7 heteroatoms. The Morgan fingerprint density at radius 1 is 1.52 bits per heavy atom. The molecule has 7 nitrogen and oxygen atoms in total. The Morgan fingerprint density at radius 3 is 3.09 bits per heavy atom. The Labute approximate surface area is 132 Å². The van der Waals surface area contributed by atoms with Crippen LogP contribution in [0.25, 0.3) is 0 Å². The van der Waals surface area contributed by atoms with Gasteiger partial charge in [0.2, 0.25) is 5.91 Å². The van der Waals surface area contributed by atoms with Crippen molar-refractivity contribution < 1.29 is 14.0 Å². The minimum absolute atomic E-state index is 0.195. The van der Waals surface area contributed by atoms with Gasteiger partial charge in [0, 0.05) is 12.7 Å². The highest BCUT2D eigenvalue weighted by atomic mass is 16.3. The van der Waals surface area contributed by atoms with E-state index in [9.17, 15) is 9.59 Å². The maximum Gasteiger partial charge on any atom is 0.270 e. The molecule has 1 aliphatic rings. The number of carbonyl (C=O) groups excluding carboxylic acids is 2. The molecule has 1 fully saturated rings. The topological polar surface area (TPSA) is 102 Å². The Bertz CT molecular complexity index is 742. The molecular weight excluding hydrogens is 296 g/mol. The fraction of sp³-hybridized carbons (Fsp3) is 0.312. The summed E-state index contributed by atoms with van der Waals surface area (Å²) in [5.74, 6) is 0.207. The first kappa shape index (κ1) is 14.9. The number of H-pyrrole nitrogens is 1. The van der Waals surface area contributed by atoms with Gasteiger partial charge in [-0.2, -0.15) is 5.26 Å². The molecule has 3 heterocycles. The Balaban J connectivity index is 1.65. The van der Waals surface area contributed by atoms with Gasteiger partial charge in [-0.05, 0) is 31.0 Å². The van der Waals surface area contributed by atoms with Gasteiger partial charge in [0.15, 0.2) is 0 Å². The van der Waals surface area contributed by atoms with Crippen LogP contribution in [0, 0.1) is 11.3 Å². The highest BCUT2D eigenvalue weighted by Crippen LogP contribution is 2.20. The molecule has 0 radical (unpaired) electrons. The van der Waals surface area contributed by atoms with Gasteiger partial charge in [-0.1, -0.05) is 0 Å². The molecule has 2 amide bonds. The van der Waals surface area contributed by atoms with Crippen molar-refractivity contribution in [1.29, 1.82) is 5.26 Å².